The summed E-state index contributed by atoms with van der Waals surface area (Å²) in [5.41, 5.74) is 4.05. The molecule has 34 heavy (non-hydrogen) atoms. The van der Waals surface area contributed by atoms with Gasteiger partial charge in [0.1, 0.15) is 0 Å². The summed E-state index contributed by atoms with van der Waals surface area (Å²) >= 11 is 0. The van der Waals surface area contributed by atoms with Crippen molar-refractivity contribution in [1.82, 2.24) is 19.4 Å². The summed E-state index contributed by atoms with van der Waals surface area (Å²) in [7, 11) is -0.513. The van der Waals surface area contributed by atoms with Gasteiger partial charge < -0.3 is 5.32 Å². The summed E-state index contributed by atoms with van der Waals surface area (Å²) in [6.07, 6.45) is 1.73. The Morgan fingerprint density at radius 2 is 1.65 bits per heavy atom. The van der Waals surface area contributed by atoms with Crippen molar-refractivity contribution in [2.24, 2.45) is 0 Å². The molecule has 1 unspecified atom stereocenters. The van der Waals surface area contributed by atoms with E-state index in [0.717, 1.165) is 22.5 Å². The predicted molar refractivity (Wildman–Crippen MR) is 132 cm³/mol. The van der Waals surface area contributed by atoms with Gasteiger partial charge in [-0.25, -0.2) is 17.4 Å². The molecule has 4 rings (SSSR count). The zero-order valence-corrected chi connectivity index (χ0v) is 20.0. The quantitative estimate of drug-likeness (QED) is 0.433. The van der Waals surface area contributed by atoms with E-state index < -0.39 is 10.0 Å². The van der Waals surface area contributed by atoms with E-state index in [1.807, 2.05) is 55.5 Å². The second-order valence-electron chi connectivity index (χ2n) is 8.10. The molecule has 0 saturated heterocycles. The summed E-state index contributed by atoms with van der Waals surface area (Å²) < 4.78 is 27.5. The van der Waals surface area contributed by atoms with E-state index in [9.17, 15) is 13.2 Å². The molecule has 4 aromatic rings. The number of rotatable bonds is 7. The summed E-state index contributed by atoms with van der Waals surface area (Å²) in [6, 6.07) is 25.4. The maximum absolute atomic E-state index is 13.0. The fraction of sp³-hybridized carbons (Fsp3) is 0.154. The third-order valence-corrected chi connectivity index (χ3v) is 7.40. The van der Waals surface area contributed by atoms with E-state index >= 15 is 0 Å². The van der Waals surface area contributed by atoms with Gasteiger partial charge in [-0.2, -0.15) is 5.10 Å². The van der Waals surface area contributed by atoms with E-state index in [0.29, 0.717) is 5.56 Å². The van der Waals surface area contributed by atoms with Crippen LogP contribution >= 0.6 is 0 Å². The zero-order chi connectivity index (χ0) is 24.3. The minimum atomic E-state index is -3.50. The van der Waals surface area contributed by atoms with Crippen molar-refractivity contribution in [2.45, 2.75) is 17.9 Å². The Kier molecular flexibility index (Phi) is 6.63. The monoisotopic (exact) mass is 474 g/mol. The molecule has 0 aliphatic heterocycles. The lowest BCUT2D eigenvalue weighted by Gasteiger charge is -2.16. The van der Waals surface area contributed by atoms with E-state index in [1.165, 1.54) is 18.4 Å². The summed E-state index contributed by atoms with van der Waals surface area (Å²) in [4.78, 5) is 13.2. The first-order valence-electron chi connectivity index (χ1n) is 10.8. The van der Waals surface area contributed by atoms with Gasteiger partial charge in [0, 0.05) is 25.2 Å². The first-order valence-corrected chi connectivity index (χ1v) is 12.2. The summed E-state index contributed by atoms with van der Waals surface area (Å²) in [6.45, 7) is 1.86. The molecule has 0 spiro atoms. The highest BCUT2D eigenvalue weighted by atomic mass is 32.2. The van der Waals surface area contributed by atoms with Gasteiger partial charge in [-0.05, 0) is 48.9 Å². The molecule has 3 aromatic carbocycles. The maximum atomic E-state index is 13.0. The third kappa shape index (κ3) is 4.78. The number of carbonyl (C=O) groups is 1. The van der Waals surface area contributed by atoms with Gasteiger partial charge >= 0.3 is 0 Å². The highest BCUT2D eigenvalue weighted by Crippen LogP contribution is 2.23. The van der Waals surface area contributed by atoms with Crippen LogP contribution in [0.3, 0.4) is 0 Å². The van der Waals surface area contributed by atoms with Crippen LogP contribution in [-0.4, -0.2) is 42.5 Å². The number of aromatic nitrogens is 2. The van der Waals surface area contributed by atoms with Gasteiger partial charge in [-0.3, -0.25) is 4.79 Å². The van der Waals surface area contributed by atoms with Crippen LogP contribution in [0.1, 0.15) is 28.9 Å². The summed E-state index contributed by atoms with van der Waals surface area (Å²) in [5, 5.41) is 7.43. The molecular weight excluding hydrogens is 448 g/mol. The number of hydrogen-bond acceptors (Lipinski definition) is 4. The number of nitrogens with zero attached hydrogens (tertiary/aromatic N) is 3. The maximum Gasteiger partial charge on any atom is 0.251 e. The van der Waals surface area contributed by atoms with Gasteiger partial charge in [0.05, 0.1) is 28.5 Å². The number of benzene rings is 3. The Morgan fingerprint density at radius 1 is 0.941 bits per heavy atom. The van der Waals surface area contributed by atoms with Gasteiger partial charge in [0.15, 0.2) is 0 Å². The molecule has 1 atom stereocenters. The highest BCUT2D eigenvalue weighted by molar-refractivity contribution is 7.89. The van der Waals surface area contributed by atoms with Gasteiger partial charge in [0.2, 0.25) is 10.0 Å². The molecule has 0 radical (unpaired) electrons. The molecule has 0 aliphatic carbocycles. The van der Waals surface area contributed by atoms with Crippen LogP contribution in [0.5, 0.6) is 0 Å². The average molecular weight is 475 g/mol. The van der Waals surface area contributed by atoms with Crippen LogP contribution in [0.2, 0.25) is 0 Å². The zero-order valence-electron chi connectivity index (χ0n) is 19.2. The Bertz CT molecular complexity index is 1400. The van der Waals surface area contributed by atoms with Crippen LogP contribution in [0, 0.1) is 0 Å². The smallest absolute Gasteiger partial charge is 0.251 e. The van der Waals surface area contributed by atoms with Crippen LogP contribution in [0.25, 0.3) is 16.9 Å². The molecule has 0 fully saturated rings. The van der Waals surface area contributed by atoms with Crippen LogP contribution in [0.4, 0.5) is 0 Å². The SMILES string of the molecule is CC(NC(=O)c1cccc(-n2nccc2-c2ccccc2)c1)c1ccc(S(=O)(=O)N(C)C)cc1. The van der Waals surface area contributed by atoms with Crippen molar-refractivity contribution in [3.05, 3.63) is 102 Å². The largest absolute Gasteiger partial charge is 0.346 e. The number of carbonyl (C=O) groups excluding carboxylic acids is 1. The Morgan fingerprint density at radius 3 is 2.32 bits per heavy atom. The second kappa shape index (κ2) is 9.62. The van der Waals surface area contributed by atoms with Crippen molar-refractivity contribution < 1.29 is 13.2 Å². The number of nitrogens with one attached hydrogen (secondary N) is 1. The average Bonchev–Trinajstić information content (AvgIpc) is 3.35. The lowest BCUT2D eigenvalue weighted by atomic mass is 10.1. The van der Waals surface area contributed by atoms with Crippen molar-refractivity contribution in [3.63, 3.8) is 0 Å². The van der Waals surface area contributed by atoms with Gasteiger partial charge in [-0.1, -0.05) is 48.5 Å². The normalized spacial score (nSPS) is 12.5. The number of hydrogen-bond donors (Lipinski definition) is 1. The molecule has 7 nitrogen and oxygen atoms in total. The highest BCUT2D eigenvalue weighted by Gasteiger charge is 2.18. The van der Waals surface area contributed by atoms with Crippen molar-refractivity contribution in [1.29, 1.82) is 0 Å². The molecule has 0 bridgehead atoms. The van der Waals surface area contributed by atoms with E-state index in [4.69, 9.17) is 0 Å². The standard InChI is InChI=1S/C26H26N4O3S/c1-19(20-12-14-24(15-13-20)34(32,33)29(2)3)28-26(31)22-10-7-11-23(18-22)30-25(16-17-27-30)21-8-5-4-6-9-21/h4-19H,1-3H3,(H,28,31). The predicted octanol–water partition coefficient (Wildman–Crippen LogP) is 4.28. The lowest BCUT2D eigenvalue weighted by molar-refractivity contribution is 0.0940. The fourth-order valence-electron chi connectivity index (χ4n) is 3.62. The first kappa shape index (κ1) is 23.4. The molecule has 1 heterocycles. The third-order valence-electron chi connectivity index (χ3n) is 5.57. The second-order valence-corrected chi connectivity index (χ2v) is 10.2. The minimum Gasteiger partial charge on any atom is -0.346 e. The Hall–Kier alpha value is -3.75. The topological polar surface area (TPSA) is 84.3 Å². The molecule has 8 heteroatoms. The number of amides is 1. The van der Waals surface area contributed by atoms with Crippen molar-refractivity contribution in [3.8, 4) is 16.9 Å². The minimum absolute atomic E-state index is 0.209. The van der Waals surface area contributed by atoms with Crippen LogP contribution in [0.15, 0.2) is 96.0 Å². The molecule has 1 amide bonds. The molecule has 1 N–H and O–H groups in total. The van der Waals surface area contributed by atoms with E-state index in [-0.39, 0.29) is 16.8 Å². The van der Waals surface area contributed by atoms with E-state index in [2.05, 4.69) is 10.4 Å². The molecule has 0 saturated carbocycles. The lowest BCUT2D eigenvalue weighted by Crippen LogP contribution is -2.27. The fourth-order valence-corrected chi connectivity index (χ4v) is 4.52. The number of sulfonamides is 1. The van der Waals surface area contributed by atoms with E-state index in [1.54, 1.807) is 47.3 Å². The summed E-state index contributed by atoms with van der Waals surface area (Å²) in [5.74, 6) is -0.229. The Labute approximate surface area is 199 Å². The first-order chi connectivity index (χ1) is 16.3. The molecule has 1 aromatic heterocycles. The molecule has 0 aliphatic rings. The molecular formula is C26H26N4O3S. The van der Waals surface area contributed by atoms with Crippen molar-refractivity contribution >= 4 is 15.9 Å². The van der Waals surface area contributed by atoms with Gasteiger partial charge in [0.25, 0.3) is 5.91 Å². The molecule has 174 valence electrons. The van der Waals surface area contributed by atoms with Crippen LogP contribution in [-0.2, 0) is 10.0 Å². The van der Waals surface area contributed by atoms with Crippen molar-refractivity contribution in [2.75, 3.05) is 14.1 Å². The Balaban J connectivity index is 1.52. The van der Waals surface area contributed by atoms with Gasteiger partial charge in [-0.15, -0.1) is 0 Å². The van der Waals surface area contributed by atoms with Crippen LogP contribution < -0.4 is 5.32 Å².